The van der Waals surface area contributed by atoms with Crippen LogP contribution in [0.5, 0.6) is 5.75 Å². The average molecular weight is 461 g/mol. The van der Waals surface area contributed by atoms with Crippen molar-refractivity contribution in [2.24, 2.45) is 5.10 Å². The highest BCUT2D eigenvalue weighted by Crippen LogP contribution is 2.39. The number of ether oxygens (including phenoxy) is 1. The highest BCUT2D eigenvalue weighted by atomic mass is 79.9. The molecule has 0 saturated carbocycles. The molecule has 1 heterocycles. The van der Waals surface area contributed by atoms with Gasteiger partial charge in [0.1, 0.15) is 5.75 Å². The molecule has 0 fully saturated rings. The van der Waals surface area contributed by atoms with Gasteiger partial charge in [-0.25, -0.2) is 5.01 Å². The van der Waals surface area contributed by atoms with Gasteiger partial charge >= 0.3 is 6.18 Å². The van der Waals surface area contributed by atoms with Crippen molar-refractivity contribution < 1.29 is 17.9 Å². The zero-order valence-electron chi connectivity index (χ0n) is 15.3. The van der Waals surface area contributed by atoms with E-state index in [1.54, 1.807) is 42.6 Å². The van der Waals surface area contributed by atoms with Gasteiger partial charge in [-0.05, 0) is 23.6 Å². The lowest BCUT2D eigenvalue weighted by atomic mass is 9.92. The maximum absolute atomic E-state index is 13.9. The number of hydrogen-bond acceptors (Lipinski definition) is 3. The summed E-state index contributed by atoms with van der Waals surface area (Å²) in [4.78, 5) is 0. The van der Waals surface area contributed by atoms with Crippen molar-refractivity contribution in [2.75, 3.05) is 12.1 Å². The second-order valence-electron chi connectivity index (χ2n) is 6.50. The maximum atomic E-state index is 13.9. The lowest BCUT2D eigenvalue weighted by molar-refractivity contribution is -0.0611. The minimum absolute atomic E-state index is 0.390. The number of methoxy groups -OCH3 is 1. The fourth-order valence-electron chi connectivity index (χ4n) is 3.46. The molecule has 0 spiro atoms. The Labute approximate surface area is 174 Å². The van der Waals surface area contributed by atoms with Crippen LogP contribution in [0.4, 0.5) is 18.9 Å². The summed E-state index contributed by atoms with van der Waals surface area (Å²) in [6.07, 6.45) is -1.52. The molecule has 1 aliphatic heterocycles. The Kier molecular flexibility index (Phi) is 5.08. The predicted molar refractivity (Wildman–Crippen MR) is 112 cm³/mol. The fourth-order valence-corrected chi connectivity index (χ4v) is 3.94. The third-order valence-corrected chi connectivity index (χ3v) is 5.48. The maximum Gasteiger partial charge on any atom is 0.432 e. The topological polar surface area (TPSA) is 24.8 Å². The molecule has 0 amide bonds. The Morgan fingerprint density at radius 2 is 1.66 bits per heavy atom. The van der Waals surface area contributed by atoms with E-state index in [2.05, 4.69) is 21.0 Å². The van der Waals surface area contributed by atoms with Crippen LogP contribution in [0.3, 0.4) is 0 Å². The van der Waals surface area contributed by atoms with Gasteiger partial charge in [0, 0.05) is 21.6 Å². The van der Waals surface area contributed by atoms with Gasteiger partial charge in [0.25, 0.3) is 0 Å². The van der Waals surface area contributed by atoms with Crippen molar-refractivity contribution in [1.29, 1.82) is 0 Å². The van der Waals surface area contributed by atoms with E-state index in [1.807, 2.05) is 24.3 Å². The third kappa shape index (κ3) is 3.62. The van der Waals surface area contributed by atoms with Gasteiger partial charge in [0.2, 0.25) is 0 Å². The summed E-state index contributed by atoms with van der Waals surface area (Å²) >= 11 is 3.49. The van der Waals surface area contributed by atoms with Gasteiger partial charge in [0.05, 0.1) is 18.7 Å². The van der Waals surface area contributed by atoms with Crippen LogP contribution >= 0.6 is 15.9 Å². The first-order valence-electron chi connectivity index (χ1n) is 8.83. The fraction of sp³-hybridized carbons (Fsp3) is 0.136. The molecule has 148 valence electrons. The molecule has 0 N–H and O–H groups in total. The number of fused-ring (bicyclic) bond motifs is 1. The molecular weight excluding hydrogens is 445 g/mol. The molecule has 0 saturated heterocycles. The van der Waals surface area contributed by atoms with E-state index >= 15 is 0 Å². The second kappa shape index (κ2) is 7.55. The van der Waals surface area contributed by atoms with E-state index in [0.29, 0.717) is 17.0 Å². The van der Waals surface area contributed by atoms with Gasteiger partial charge in [-0.1, -0.05) is 64.5 Å². The van der Waals surface area contributed by atoms with Crippen molar-refractivity contribution in [3.8, 4) is 5.75 Å². The zero-order chi connectivity index (χ0) is 20.6. The number of nitrogens with zero attached hydrogens (tertiary/aromatic N) is 2. The van der Waals surface area contributed by atoms with Crippen LogP contribution in [0.25, 0.3) is 10.8 Å². The minimum atomic E-state index is -4.60. The van der Waals surface area contributed by atoms with Gasteiger partial charge in [-0.2, -0.15) is 18.3 Å². The Morgan fingerprint density at radius 1 is 0.966 bits per heavy atom. The van der Waals surface area contributed by atoms with Crippen LogP contribution in [0, 0.1) is 0 Å². The molecule has 0 aromatic heterocycles. The summed E-state index contributed by atoms with van der Waals surface area (Å²) in [5.41, 5.74) is 0.0967. The van der Waals surface area contributed by atoms with Crippen molar-refractivity contribution >= 4 is 38.1 Å². The molecule has 7 heteroatoms. The van der Waals surface area contributed by atoms with E-state index in [0.717, 1.165) is 15.2 Å². The Hall–Kier alpha value is -2.80. The van der Waals surface area contributed by atoms with E-state index in [-0.39, 0.29) is 0 Å². The third-order valence-electron chi connectivity index (χ3n) is 4.79. The first-order chi connectivity index (χ1) is 13.9. The number of anilines is 1. The molecule has 1 unspecified atom stereocenters. The molecule has 0 radical (unpaired) electrons. The van der Waals surface area contributed by atoms with Crippen LogP contribution in [-0.4, -0.2) is 19.0 Å². The zero-order valence-corrected chi connectivity index (χ0v) is 16.9. The summed E-state index contributed by atoms with van der Waals surface area (Å²) in [5, 5.41) is 6.98. The van der Waals surface area contributed by atoms with Crippen molar-refractivity contribution in [3.05, 3.63) is 83.0 Å². The number of hydrogen-bond donors (Lipinski definition) is 0. The van der Waals surface area contributed by atoms with Crippen LogP contribution in [0.2, 0.25) is 0 Å². The summed E-state index contributed by atoms with van der Waals surface area (Å²) in [6.45, 7) is 0. The first-order valence-corrected chi connectivity index (χ1v) is 9.63. The molecule has 3 nitrogen and oxygen atoms in total. The molecular formula is C22H16BrF3N2O. The van der Waals surface area contributed by atoms with Gasteiger partial charge < -0.3 is 4.74 Å². The Morgan fingerprint density at radius 3 is 2.38 bits per heavy atom. The lowest BCUT2D eigenvalue weighted by Crippen LogP contribution is -2.34. The summed E-state index contributed by atoms with van der Waals surface area (Å²) in [5.74, 6) is -0.661. The molecule has 1 aliphatic rings. The highest BCUT2D eigenvalue weighted by Gasteiger charge is 2.43. The SMILES string of the molecule is COc1ccccc1C1C=CN(c2ccc(Br)c3ccccc23)N=C1C(F)(F)F. The normalized spacial score (nSPS) is 16.8. The second-order valence-corrected chi connectivity index (χ2v) is 7.36. The molecule has 1 atom stereocenters. The molecule has 4 rings (SSSR count). The number of hydrazone groups is 1. The van der Waals surface area contributed by atoms with Crippen molar-refractivity contribution in [1.82, 2.24) is 0 Å². The van der Waals surface area contributed by atoms with Crippen molar-refractivity contribution in [3.63, 3.8) is 0 Å². The average Bonchev–Trinajstić information content (AvgIpc) is 2.73. The van der Waals surface area contributed by atoms with Crippen LogP contribution in [0.1, 0.15) is 11.5 Å². The van der Waals surface area contributed by atoms with Gasteiger partial charge in [0.15, 0.2) is 5.71 Å². The number of benzene rings is 3. The Bertz CT molecular complexity index is 1120. The van der Waals surface area contributed by atoms with E-state index in [4.69, 9.17) is 4.74 Å². The van der Waals surface area contributed by atoms with Crippen LogP contribution in [0.15, 0.2) is 82.5 Å². The van der Waals surface area contributed by atoms with E-state index < -0.39 is 17.8 Å². The summed E-state index contributed by atoms with van der Waals surface area (Å²) in [7, 11) is 1.44. The predicted octanol–water partition coefficient (Wildman–Crippen LogP) is 6.65. The number of rotatable bonds is 3. The molecule has 0 aliphatic carbocycles. The molecule has 0 bridgehead atoms. The minimum Gasteiger partial charge on any atom is -0.496 e. The highest BCUT2D eigenvalue weighted by molar-refractivity contribution is 9.10. The molecule has 3 aromatic rings. The standard InChI is InChI=1S/C22H16BrF3N2O/c1-29-20-9-5-4-8-16(20)17-12-13-28(27-21(17)22(24,25)26)19-11-10-18(23)14-6-2-3-7-15(14)19/h2-13,17H,1H3. The van der Waals surface area contributed by atoms with E-state index in [1.165, 1.54) is 18.2 Å². The van der Waals surface area contributed by atoms with Crippen LogP contribution < -0.4 is 9.75 Å². The number of allylic oxidation sites excluding steroid dienone is 1. The van der Waals surface area contributed by atoms with Gasteiger partial charge in [-0.3, -0.25) is 0 Å². The summed E-state index contributed by atoms with van der Waals surface area (Å²) < 4.78 is 48.0. The number of halogens is 4. The van der Waals surface area contributed by atoms with E-state index in [9.17, 15) is 13.2 Å². The van der Waals surface area contributed by atoms with Gasteiger partial charge in [-0.15, -0.1) is 0 Å². The lowest BCUT2D eigenvalue weighted by Gasteiger charge is -2.28. The largest absolute Gasteiger partial charge is 0.496 e. The number of alkyl halides is 3. The summed E-state index contributed by atoms with van der Waals surface area (Å²) in [6, 6.07) is 17.7. The van der Waals surface area contributed by atoms with Crippen LogP contribution in [-0.2, 0) is 0 Å². The molecule has 29 heavy (non-hydrogen) atoms. The van der Waals surface area contributed by atoms with Crippen molar-refractivity contribution in [2.45, 2.75) is 12.1 Å². The first kappa shape index (κ1) is 19.5. The quantitative estimate of drug-likeness (QED) is 0.437. The molecule has 3 aromatic carbocycles. The smallest absolute Gasteiger partial charge is 0.432 e. The number of para-hydroxylation sites is 1. The Balaban J connectivity index is 1.84. The monoisotopic (exact) mass is 460 g/mol.